The molecule has 23 heavy (non-hydrogen) atoms. The van der Waals surface area contributed by atoms with Crippen LogP contribution in [-0.4, -0.2) is 66.4 Å². The van der Waals surface area contributed by atoms with Crippen molar-refractivity contribution in [2.75, 3.05) is 33.7 Å². The highest BCUT2D eigenvalue weighted by atomic mass is 19.1. The van der Waals surface area contributed by atoms with Crippen LogP contribution in [0.1, 0.15) is 10.5 Å². The molecule has 1 saturated heterocycles. The van der Waals surface area contributed by atoms with E-state index in [1.807, 2.05) is 11.9 Å². The van der Waals surface area contributed by atoms with Gasteiger partial charge in [0.15, 0.2) is 0 Å². The topological polar surface area (TPSA) is 68.4 Å². The number of carbonyl (C=O) groups excluding carboxylic acids is 2. The second-order valence-electron chi connectivity index (χ2n) is 5.78. The molecule has 0 bridgehead atoms. The largest absolute Gasteiger partial charge is 0.358 e. The van der Waals surface area contributed by atoms with Crippen LogP contribution < -0.4 is 5.32 Å². The van der Waals surface area contributed by atoms with Crippen molar-refractivity contribution >= 4 is 22.7 Å². The second-order valence-corrected chi connectivity index (χ2v) is 5.78. The molecule has 1 unspecified atom stereocenters. The Bertz CT molecular complexity index is 758. The number of nitrogens with zero attached hydrogens (tertiary/aromatic N) is 2. The monoisotopic (exact) mass is 318 g/mol. The summed E-state index contributed by atoms with van der Waals surface area (Å²) in [7, 11) is 3.45. The number of hydrogen-bond donors (Lipinski definition) is 2. The lowest BCUT2D eigenvalue weighted by molar-refractivity contribution is -0.127. The van der Waals surface area contributed by atoms with E-state index >= 15 is 0 Å². The lowest BCUT2D eigenvalue weighted by Crippen LogP contribution is -2.58. The molecule has 1 aliphatic rings. The standard InChI is InChI=1S/C16H19FN4O2/c1-18-15(22)14-9-21(6-5-20(14)2)16(23)13-8-10-7-11(17)3-4-12(10)19-13/h3-4,7-8,14,19H,5-6,9H2,1-2H3,(H,18,22). The normalized spacial score (nSPS) is 19.1. The average molecular weight is 318 g/mol. The highest BCUT2D eigenvalue weighted by molar-refractivity contribution is 5.98. The van der Waals surface area contributed by atoms with Crippen molar-refractivity contribution in [1.82, 2.24) is 20.1 Å². The molecule has 2 amide bonds. The Balaban J connectivity index is 1.82. The van der Waals surface area contributed by atoms with Gasteiger partial charge in [-0.15, -0.1) is 0 Å². The number of piperazine rings is 1. The summed E-state index contributed by atoms with van der Waals surface area (Å²) in [5, 5.41) is 3.28. The maximum atomic E-state index is 13.3. The Morgan fingerprint density at radius 3 is 2.83 bits per heavy atom. The van der Waals surface area contributed by atoms with E-state index < -0.39 is 0 Å². The molecule has 3 rings (SSSR count). The van der Waals surface area contributed by atoms with Crippen LogP contribution in [-0.2, 0) is 4.79 Å². The minimum absolute atomic E-state index is 0.108. The number of benzene rings is 1. The van der Waals surface area contributed by atoms with Crippen LogP contribution in [0.25, 0.3) is 10.9 Å². The third-order valence-corrected chi connectivity index (χ3v) is 4.30. The van der Waals surface area contributed by atoms with E-state index in [-0.39, 0.29) is 23.7 Å². The summed E-state index contributed by atoms with van der Waals surface area (Å²) in [5.41, 5.74) is 1.12. The van der Waals surface area contributed by atoms with E-state index in [0.29, 0.717) is 36.2 Å². The van der Waals surface area contributed by atoms with Crippen LogP contribution in [0, 0.1) is 5.82 Å². The number of aromatic nitrogens is 1. The fourth-order valence-electron chi connectivity index (χ4n) is 2.90. The summed E-state index contributed by atoms with van der Waals surface area (Å²) >= 11 is 0. The molecule has 0 radical (unpaired) electrons. The van der Waals surface area contributed by atoms with E-state index in [9.17, 15) is 14.0 Å². The Labute approximate surface area is 133 Å². The molecular weight excluding hydrogens is 299 g/mol. The zero-order valence-corrected chi connectivity index (χ0v) is 13.1. The van der Waals surface area contributed by atoms with Gasteiger partial charge in [0.05, 0.1) is 0 Å². The van der Waals surface area contributed by atoms with Crippen LogP contribution >= 0.6 is 0 Å². The predicted octanol–water partition coefficient (Wildman–Crippen LogP) is 0.809. The van der Waals surface area contributed by atoms with Crippen LogP contribution in [0.3, 0.4) is 0 Å². The number of carbonyl (C=O) groups is 2. The Hall–Kier alpha value is -2.41. The van der Waals surface area contributed by atoms with Crippen LogP contribution in [0.5, 0.6) is 0 Å². The molecule has 1 aromatic carbocycles. The van der Waals surface area contributed by atoms with Crippen molar-refractivity contribution in [1.29, 1.82) is 0 Å². The summed E-state index contributed by atoms with van der Waals surface area (Å²) in [6.45, 7) is 1.50. The number of rotatable bonds is 2. The summed E-state index contributed by atoms with van der Waals surface area (Å²) in [6.07, 6.45) is 0. The van der Waals surface area contributed by atoms with E-state index in [1.165, 1.54) is 12.1 Å². The van der Waals surface area contributed by atoms with Crippen molar-refractivity contribution in [3.63, 3.8) is 0 Å². The van der Waals surface area contributed by atoms with Gasteiger partial charge in [0.25, 0.3) is 5.91 Å². The number of H-pyrrole nitrogens is 1. The zero-order chi connectivity index (χ0) is 16.6. The molecule has 0 aliphatic carbocycles. The van der Waals surface area contributed by atoms with E-state index in [1.54, 1.807) is 24.1 Å². The molecule has 1 aliphatic heterocycles. The van der Waals surface area contributed by atoms with E-state index in [0.717, 1.165) is 0 Å². The van der Waals surface area contributed by atoms with Gasteiger partial charge >= 0.3 is 0 Å². The van der Waals surface area contributed by atoms with Gasteiger partial charge in [-0.05, 0) is 31.3 Å². The fourth-order valence-corrected chi connectivity index (χ4v) is 2.90. The smallest absolute Gasteiger partial charge is 0.270 e. The molecule has 0 saturated carbocycles. The predicted molar refractivity (Wildman–Crippen MR) is 84.6 cm³/mol. The maximum absolute atomic E-state index is 13.3. The first kappa shape index (κ1) is 15.5. The number of hydrogen-bond acceptors (Lipinski definition) is 3. The minimum Gasteiger partial charge on any atom is -0.358 e. The van der Waals surface area contributed by atoms with Crippen LogP contribution in [0.15, 0.2) is 24.3 Å². The van der Waals surface area contributed by atoms with Gasteiger partial charge in [-0.2, -0.15) is 0 Å². The third-order valence-electron chi connectivity index (χ3n) is 4.30. The molecule has 2 aromatic rings. The van der Waals surface area contributed by atoms with E-state index in [4.69, 9.17) is 0 Å². The zero-order valence-electron chi connectivity index (χ0n) is 13.1. The number of aromatic amines is 1. The molecule has 1 fully saturated rings. The van der Waals surface area contributed by atoms with Crippen LogP contribution in [0.4, 0.5) is 4.39 Å². The van der Waals surface area contributed by atoms with Crippen LogP contribution in [0.2, 0.25) is 0 Å². The number of amides is 2. The molecule has 2 N–H and O–H groups in total. The average Bonchev–Trinajstić information content (AvgIpc) is 2.97. The van der Waals surface area contributed by atoms with Gasteiger partial charge in [-0.25, -0.2) is 4.39 Å². The first-order valence-electron chi connectivity index (χ1n) is 7.49. The molecule has 6 nitrogen and oxygen atoms in total. The van der Waals surface area contributed by atoms with Gasteiger partial charge in [-0.1, -0.05) is 0 Å². The number of nitrogens with one attached hydrogen (secondary N) is 2. The molecule has 7 heteroatoms. The number of fused-ring (bicyclic) bond motifs is 1. The summed E-state index contributed by atoms with van der Waals surface area (Å²) in [4.78, 5) is 31.2. The first-order chi connectivity index (χ1) is 11.0. The molecule has 1 atom stereocenters. The third kappa shape index (κ3) is 2.92. The lowest BCUT2D eigenvalue weighted by atomic mass is 10.1. The quantitative estimate of drug-likeness (QED) is 0.861. The fraction of sp³-hybridized carbons (Fsp3) is 0.375. The number of halogens is 1. The molecule has 2 heterocycles. The molecule has 0 spiro atoms. The summed E-state index contributed by atoms with van der Waals surface area (Å²) in [5.74, 6) is -0.623. The first-order valence-corrected chi connectivity index (χ1v) is 7.49. The van der Waals surface area contributed by atoms with Gasteiger partial charge in [-0.3, -0.25) is 14.5 Å². The van der Waals surface area contributed by atoms with Gasteiger partial charge < -0.3 is 15.2 Å². The Kier molecular flexibility index (Phi) is 4.04. The number of likely N-dealkylation sites (N-methyl/N-ethyl adjacent to an activating group) is 2. The Morgan fingerprint density at radius 1 is 1.30 bits per heavy atom. The van der Waals surface area contributed by atoms with Gasteiger partial charge in [0.1, 0.15) is 17.6 Å². The van der Waals surface area contributed by atoms with Crippen molar-refractivity contribution in [3.8, 4) is 0 Å². The molecule has 122 valence electrons. The van der Waals surface area contributed by atoms with Crippen molar-refractivity contribution in [2.45, 2.75) is 6.04 Å². The Morgan fingerprint density at radius 2 is 2.09 bits per heavy atom. The van der Waals surface area contributed by atoms with Gasteiger partial charge in [0.2, 0.25) is 5.91 Å². The maximum Gasteiger partial charge on any atom is 0.270 e. The van der Waals surface area contributed by atoms with Crippen molar-refractivity contribution in [2.24, 2.45) is 0 Å². The summed E-state index contributed by atoms with van der Waals surface area (Å²) < 4.78 is 13.3. The lowest BCUT2D eigenvalue weighted by Gasteiger charge is -2.38. The van der Waals surface area contributed by atoms with E-state index in [2.05, 4.69) is 10.3 Å². The van der Waals surface area contributed by atoms with Crippen molar-refractivity contribution < 1.29 is 14.0 Å². The molecule has 1 aromatic heterocycles. The van der Waals surface area contributed by atoms with Crippen molar-refractivity contribution in [3.05, 3.63) is 35.8 Å². The minimum atomic E-state index is -0.362. The molecular formula is C16H19FN4O2. The highest BCUT2D eigenvalue weighted by Gasteiger charge is 2.32. The second kappa shape index (κ2) is 6.00. The van der Waals surface area contributed by atoms with Gasteiger partial charge in [0, 0.05) is 37.6 Å². The highest BCUT2D eigenvalue weighted by Crippen LogP contribution is 2.19. The SMILES string of the molecule is CNC(=O)C1CN(C(=O)c2cc3cc(F)ccc3[nH]2)CCN1C. The summed E-state index contributed by atoms with van der Waals surface area (Å²) in [6, 6.07) is 5.64.